The van der Waals surface area contributed by atoms with Crippen LogP contribution in [-0.2, 0) is 7.53 Å². The summed E-state index contributed by atoms with van der Waals surface area (Å²) in [6.07, 6.45) is 0. The molecule has 0 rings (SSSR count). The standard InChI is InChI=1S/C6H16GeO2/c1-5-8-7(3,4)9-6-2/h5-6H2,1-4H3. The van der Waals surface area contributed by atoms with Crippen molar-refractivity contribution >= 4 is 13.9 Å². The van der Waals surface area contributed by atoms with Crippen molar-refractivity contribution in [1.82, 2.24) is 0 Å². The Balaban J connectivity index is 3.43. The van der Waals surface area contributed by atoms with Gasteiger partial charge in [0.15, 0.2) is 0 Å². The van der Waals surface area contributed by atoms with Crippen LogP contribution in [0.5, 0.6) is 0 Å². The molecule has 0 unspecified atom stereocenters. The molecular weight excluding hydrogens is 177 g/mol. The van der Waals surface area contributed by atoms with E-state index >= 15 is 0 Å². The van der Waals surface area contributed by atoms with E-state index < -0.39 is 13.9 Å². The maximum atomic E-state index is 5.44. The first kappa shape index (κ1) is 9.46. The summed E-state index contributed by atoms with van der Waals surface area (Å²) in [6, 6.07) is 0. The normalized spacial score (nSPS) is 12.0. The van der Waals surface area contributed by atoms with Crippen molar-refractivity contribution in [2.45, 2.75) is 25.4 Å². The van der Waals surface area contributed by atoms with Gasteiger partial charge in [-0.15, -0.1) is 0 Å². The fourth-order valence-electron chi connectivity index (χ4n) is 0.737. The summed E-state index contributed by atoms with van der Waals surface area (Å²) in [5.74, 6) is 4.21. The van der Waals surface area contributed by atoms with Crippen LogP contribution in [-0.4, -0.2) is 27.2 Å². The third kappa shape index (κ3) is 4.94. The summed E-state index contributed by atoms with van der Waals surface area (Å²) in [6.45, 7) is 5.58. The molecule has 0 heterocycles. The van der Waals surface area contributed by atoms with E-state index in [1.165, 1.54) is 0 Å². The summed E-state index contributed by atoms with van der Waals surface area (Å²) >= 11 is -2.16. The fourth-order valence-corrected chi connectivity index (χ4v) is 3.83. The van der Waals surface area contributed by atoms with Gasteiger partial charge in [-0.3, -0.25) is 0 Å². The van der Waals surface area contributed by atoms with E-state index in [1.54, 1.807) is 0 Å². The van der Waals surface area contributed by atoms with Gasteiger partial charge in [-0.2, -0.15) is 0 Å². The molecule has 0 fully saturated rings. The summed E-state index contributed by atoms with van der Waals surface area (Å²) < 4.78 is 10.9. The molecule has 0 aliphatic heterocycles. The van der Waals surface area contributed by atoms with Gasteiger partial charge < -0.3 is 0 Å². The molecule has 0 saturated carbocycles. The summed E-state index contributed by atoms with van der Waals surface area (Å²) in [4.78, 5) is 0. The molecule has 9 heavy (non-hydrogen) atoms. The first-order chi connectivity index (χ1) is 4.12. The second-order valence-corrected chi connectivity index (χ2v) is 9.35. The van der Waals surface area contributed by atoms with Crippen LogP contribution in [0, 0.1) is 0 Å². The molecule has 0 saturated heterocycles. The van der Waals surface area contributed by atoms with Crippen LogP contribution in [0.3, 0.4) is 0 Å². The van der Waals surface area contributed by atoms with Crippen LogP contribution < -0.4 is 0 Å². The van der Waals surface area contributed by atoms with Gasteiger partial charge in [-0.25, -0.2) is 0 Å². The molecule has 0 radical (unpaired) electrons. The van der Waals surface area contributed by atoms with Gasteiger partial charge in [0, 0.05) is 0 Å². The third-order valence-electron chi connectivity index (χ3n) is 0.984. The van der Waals surface area contributed by atoms with Crippen LogP contribution in [0.25, 0.3) is 0 Å². The van der Waals surface area contributed by atoms with Gasteiger partial charge in [0.25, 0.3) is 0 Å². The van der Waals surface area contributed by atoms with Gasteiger partial charge in [0.05, 0.1) is 0 Å². The molecule has 0 bridgehead atoms. The Kier molecular flexibility index (Phi) is 4.53. The minimum absolute atomic E-state index is 0.785. The second kappa shape index (κ2) is 4.31. The zero-order valence-electron chi connectivity index (χ0n) is 6.73. The molecule has 0 spiro atoms. The van der Waals surface area contributed by atoms with E-state index in [1.807, 2.05) is 13.8 Å². The summed E-state index contributed by atoms with van der Waals surface area (Å²) in [5.41, 5.74) is 0. The Morgan fingerprint density at radius 3 is 1.56 bits per heavy atom. The number of hydrogen-bond donors (Lipinski definition) is 0. The van der Waals surface area contributed by atoms with Crippen LogP contribution in [0.15, 0.2) is 0 Å². The Labute approximate surface area is 60.6 Å². The summed E-state index contributed by atoms with van der Waals surface area (Å²) in [7, 11) is 0. The maximum absolute atomic E-state index is 5.44. The quantitative estimate of drug-likeness (QED) is 0.633. The zero-order chi connectivity index (χ0) is 7.33. The van der Waals surface area contributed by atoms with E-state index in [9.17, 15) is 0 Å². The molecule has 0 aromatic heterocycles. The van der Waals surface area contributed by atoms with E-state index in [4.69, 9.17) is 7.53 Å². The predicted molar refractivity (Wildman–Crippen MR) is 40.7 cm³/mol. The Bertz CT molecular complexity index is 65.5. The van der Waals surface area contributed by atoms with E-state index in [0.717, 1.165) is 13.2 Å². The van der Waals surface area contributed by atoms with Gasteiger partial charge in [0.1, 0.15) is 0 Å². The number of hydrogen-bond acceptors (Lipinski definition) is 2. The Morgan fingerprint density at radius 1 is 1.00 bits per heavy atom. The van der Waals surface area contributed by atoms with E-state index in [2.05, 4.69) is 11.5 Å². The topological polar surface area (TPSA) is 18.5 Å². The fraction of sp³-hybridized carbons (Fsp3) is 1.00. The second-order valence-electron chi connectivity index (χ2n) is 2.27. The molecule has 3 heteroatoms. The molecule has 0 aliphatic carbocycles. The molecule has 56 valence electrons. The van der Waals surface area contributed by atoms with Crippen LogP contribution in [0.1, 0.15) is 13.8 Å². The number of rotatable bonds is 4. The molecule has 0 N–H and O–H groups in total. The van der Waals surface area contributed by atoms with Crippen LogP contribution >= 0.6 is 0 Å². The van der Waals surface area contributed by atoms with Crippen molar-refractivity contribution in [3.63, 3.8) is 0 Å². The average molecular weight is 193 g/mol. The first-order valence-corrected chi connectivity index (χ1v) is 9.31. The summed E-state index contributed by atoms with van der Waals surface area (Å²) in [5, 5.41) is 0. The molecule has 0 amide bonds. The third-order valence-corrected chi connectivity index (χ3v) is 5.11. The monoisotopic (exact) mass is 194 g/mol. The van der Waals surface area contributed by atoms with Crippen molar-refractivity contribution in [2.75, 3.05) is 13.2 Å². The molecule has 0 atom stereocenters. The van der Waals surface area contributed by atoms with Crippen molar-refractivity contribution < 1.29 is 7.53 Å². The van der Waals surface area contributed by atoms with Gasteiger partial charge in [-0.1, -0.05) is 0 Å². The van der Waals surface area contributed by atoms with Gasteiger partial charge in [-0.05, 0) is 0 Å². The van der Waals surface area contributed by atoms with Crippen LogP contribution in [0.2, 0.25) is 11.5 Å². The minimum atomic E-state index is -2.16. The van der Waals surface area contributed by atoms with E-state index in [0.29, 0.717) is 0 Å². The molecule has 0 aliphatic rings. The van der Waals surface area contributed by atoms with Crippen molar-refractivity contribution in [2.24, 2.45) is 0 Å². The predicted octanol–water partition coefficient (Wildman–Crippen LogP) is 1.76. The van der Waals surface area contributed by atoms with Crippen LogP contribution in [0.4, 0.5) is 0 Å². The first-order valence-electron chi connectivity index (χ1n) is 3.40. The Hall–Kier alpha value is 0.463. The molecular formula is C6H16GeO2. The SMILES string of the molecule is CC[O][Ge]([CH3])([CH3])[O]CC. The van der Waals surface area contributed by atoms with Crippen molar-refractivity contribution in [3.8, 4) is 0 Å². The molecule has 2 nitrogen and oxygen atoms in total. The molecule has 0 aromatic carbocycles. The van der Waals surface area contributed by atoms with Crippen molar-refractivity contribution in [1.29, 1.82) is 0 Å². The van der Waals surface area contributed by atoms with Gasteiger partial charge >= 0.3 is 60.0 Å². The van der Waals surface area contributed by atoms with Gasteiger partial charge in [0.2, 0.25) is 0 Å². The Morgan fingerprint density at radius 2 is 1.33 bits per heavy atom. The van der Waals surface area contributed by atoms with Crippen molar-refractivity contribution in [3.05, 3.63) is 0 Å². The average Bonchev–Trinajstić information content (AvgIpc) is 1.64. The zero-order valence-corrected chi connectivity index (χ0v) is 8.83. The van der Waals surface area contributed by atoms with E-state index in [-0.39, 0.29) is 0 Å². The molecule has 0 aromatic rings.